The summed E-state index contributed by atoms with van der Waals surface area (Å²) in [5, 5.41) is 23.5. The predicted octanol–water partition coefficient (Wildman–Crippen LogP) is 2.10. The van der Waals surface area contributed by atoms with Gasteiger partial charge in [0.1, 0.15) is 0 Å². The van der Waals surface area contributed by atoms with Crippen molar-refractivity contribution in [2.75, 3.05) is 25.1 Å². The molecule has 0 amide bonds. The van der Waals surface area contributed by atoms with Gasteiger partial charge in [-0.3, -0.25) is 10.1 Å². The zero-order chi connectivity index (χ0) is 14.5. The fourth-order valence-electron chi connectivity index (χ4n) is 1.92. The maximum atomic E-state index is 10.7. The maximum absolute atomic E-state index is 10.7. The van der Waals surface area contributed by atoms with E-state index in [0.29, 0.717) is 24.6 Å². The summed E-state index contributed by atoms with van der Waals surface area (Å²) in [6.45, 7) is 3.10. The molecular formula is C14H20N2O4. The molecule has 0 radical (unpaired) electrons. The molecule has 1 aromatic carbocycles. The van der Waals surface area contributed by atoms with Crippen molar-refractivity contribution in [2.24, 2.45) is 5.92 Å². The van der Waals surface area contributed by atoms with E-state index in [1.807, 2.05) is 0 Å². The molecular weight excluding hydrogens is 260 g/mol. The van der Waals surface area contributed by atoms with Crippen LogP contribution in [0.4, 0.5) is 11.4 Å². The van der Waals surface area contributed by atoms with E-state index in [1.165, 1.54) is 18.9 Å². The highest BCUT2D eigenvalue weighted by molar-refractivity contribution is 5.53. The Labute approximate surface area is 117 Å². The van der Waals surface area contributed by atoms with Crippen molar-refractivity contribution in [3.05, 3.63) is 33.9 Å². The second kappa shape index (κ2) is 6.67. The van der Waals surface area contributed by atoms with Crippen molar-refractivity contribution >= 4 is 11.4 Å². The number of anilines is 1. The minimum Gasteiger partial charge on any atom is -0.389 e. The lowest BCUT2D eigenvalue weighted by Gasteiger charge is -2.13. The fraction of sp³-hybridized carbons (Fsp3) is 0.571. The first-order valence-corrected chi connectivity index (χ1v) is 6.81. The molecule has 2 rings (SSSR count). The summed E-state index contributed by atoms with van der Waals surface area (Å²) < 4.78 is 5.40. The van der Waals surface area contributed by atoms with E-state index >= 15 is 0 Å². The summed E-state index contributed by atoms with van der Waals surface area (Å²) >= 11 is 0. The molecule has 1 aliphatic carbocycles. The molecule has 0 aliphatic heterocycles. The lowest BCUT2D eigenvalue weighted by atomic mass is 10.2. The van der Waals surface area contributed by atoms with Gasteiger partial charge < -0.3 is 15.2 Å². The molecule has 6 nitrogen and oxygen atoms in total. The molecule has 0 aromatic heterocycles. The number of aliphatic hydroxyl groups excluding tert-OH is 1. The van der Waals surface area contributed by atoms with Crippen LogP contribution in [-0.4, -0.2) is 35.9 Å². The van der Waals surface area contributed by atoms with Crippen LogP contribution >= 0.6 is 0 Å². The van der Waals surface area contributed by atoms with E-state index in [0.717, 1.165) is 12.3 Å². The number of rotatable bonds is 8. The Morgan fingerprint density at radius 3 is 2.90 bits per heavy atom. The number of nitro benzene ring substituents is 1. The zero-order valence-corrected chi connectivity index (χ0v) is 11.5. The quantitative estimate of drug-likeness (QED) is 0.562. The van der Waals surface area contributed by atoms with E-state index in [-0.39, 0.29) is 5.69 Å². The van der Waals surface area contributed by atoms with Crippen molar-refractivity contribution in [3.8, 4) is 0 Å². The van der Waals surface area contributed by atoms with Crippen LogP contribution in [0.3, 0.4) is 0 Å². The highest BCUT2D eigenvalue weighted by Gasteiger charge is 2.21. The molecule has 110 valence electrons. The number of hydrogen-bond donors (Lipinski definition) is 2. The molecule has 1 aromatic rings. The lowest BCUT2D eigenvalue weighted by Crippen LogP contribution is -2.25. The average Bonchev–Trinajstić information content (AvgIpc) is 3.20. The van der Waals surface area contributed by atoms with E-state index < -0.39 is 11.0 Å². The summed E-state index contributed by atoms with van der Waals surface area (Å²) in [5.74, 6) is 0.687. The third-order valence-corrected chi connectivity index (χ3v) is 3.30. The van der Waals surface area contributed by atoms with Crippen LogP contribution in [0.15, 0.2) is 18.2 Å². The molecule has 0 saturated heterocycles. The Kier molecular flexibility index (Phi) is 4.92. The molecule has 2 N–H and O–H groups in total. The van der Waals surface area contributed by atoms with Crippen LogP contribution in [-0.2, 0) is 4.74 Å². The standard InChI is InChI=1S/C14H20N2O4/c1-10-6-12(4-5-14(10)16(18)19)15-7-13(17)9-20-8-11-2-3-11/h4-6,11,13,15,17H,2-3,7-9H2,1H3. The molecule has 0 spiro atoms. The van der Waals surface area contributed by atoms with Gasteiger partial charge in [0.2, 0.25) is 0 Å². The first-order valence-electron chi connectivity index (χ1n) is 6.81. The number of nitrogens with one attached hydrogen (secondary N) is 1. The van der Waals surface area contributed by atoms with Crippen molar-refractivity contribution in [2.45, 2.75) is 25.9 Å². The molecule has 1 aliphatic rings. The van der Waals surface area contributed by atoms with E-state index in [9.17, 15) is 15.2 Å². The Hall–Kier alpha value is -1.66. The molecule has 1 fully saturated rings. The van der Waals surface area contributed by atoms with E-state index in [1.54, 1.807) is 19.1 Å². The number of aryl methyl sites for hydroxylation is 1. The lowest BCUT2D eigenvalue weighted by molar-refractivity contribution is -0.385. The van der Waals surface area contributed by atoms with Gasteiger partial charge in [0.15, 0.2) is 0 Å². The summed E-state index contributed by atoms with van der Waals surface area (Å²) in [5.41, 5.74) is 1.46. The topological polar surface area (TPSA) is 84.6 Å². The number of benzene rings is 1. The van der Waals surface area contributed by atoms with Gasteiger partial charge in [-0.05, 0) is 37.8 Å². The number of nitro groups is 1. The molecule has 20 heavy (non-hydrogen) atoms. The predicted molar refractivity (Wildman–Crippen MR) is 75.9 cm³/mol. The normalized spacial score (nSPS) is 15.9. The third-order valence-electron chi connectivity index (χ3n) is 3.30. The number of ether oxygens (including phenoxy) is 1. The van der Waals surface area contributed by atoms with Crippen molar-refractivity contribution in [3.63, 3.8) is 0 Å². The molecule has 6 heteroatoms. The van der Waals surface area contributed by atoms with Crippen LogP contribution in [0, 0.1) is 23.0 Å². The molecule has 0 heterocycles. The summed E-state index contributed by atoms with van der Waals surface area (Å²) in [6, 6.07) is 4.81. The number of hydrogen-bond acceptors (Lipinski definition) is 5. The minimum atomic E-state index is -0.579. The number of aliphatic hydroxyl groups is 1. The Bertz CT molecular complexity index is 474. The van der Waals surface area contributed by atoms with Gasteiger partial charge in [-0.25, -0.2) is 0 Å². The van der Waals surface area contributed by atoms with Gasteiger partial charge in [-0.1, -0.05) is 0 Å². The monoisotopic (exact) mass is 280 g/mol. The van der Waals surface area contributed by atoms with Gasteiger partial charge >= 0.3 is 0 Å². The largest absolute Gasteiger partial charge is 0.389 e. The van der Waals surface area contributed by atoms with E-state index in [2.05, 4.69) is 5.32 Å². The molecule has 1 atom stereocenters. The van der Waals surface area contributed by atoms with Gasteiger partial charge in [0, 0.05) is 30.5 Å². The van der Waals surface area contributed by atoms with Crippen LogP contribution < -0.4 is 5.32 Å². The van der Waals surface area contributed by atoms with Crippen LogP contribution in [0.2, 0.25) is 0 Å². The zero-order valence-electron chi connectivity index (χ0n) is 11.5. The Morgan fingerprint density at radius 1 is 1.55 bits per heavy atom. The average molecular weight is 280 g/mol. The first kappa shape index (κ1) is 14.7. The SMILES string of the molecule is Cc1cc(NCC(O)COCC2CC2)ccc1[N+](=O)[O-]. The Balaban J connectivity index is 1.74. The van der Waals surface area contributed by atoms with Gasteiger partial charge in [-0.15, -0.1) is 0 Å². The smallest absolute Gasteiger partial charge is 0.272 e. The Morgan fingerprint density at radius 2 is 2.30 bits per heavy atom. The van der Waals surface area contributed by atoms with Gasteiger partial charge in [0.05, 0.1) is 17.6 Å². The van der Waals surface area contributed by atoms with Crippen LogP contribution in [0.25, 0.3) is 0 Å². The fourth-order valence-corrected chi connectivity index (χ4v) is 1.92. The third kappa shape index (κ3) is 4.47. The van der Waals surface area contributed by atoms with Crippen molar-refractivity contribution in [1.82, 2.24) is 0 Å². The second-order valence-electron chi connectivity index (χ2n) is 5.27. The molecule has 1 unspecified atom stereocenters. The second-order valence-corrected chi connectivity index (χ2v) is 5.27. The van der Waals surface area contributed by atoms with Crippen LogP contribution in [0.5, 0.6) is 0 Å². The van der Waals surface area contributed by atoms with Gasteiger partial charge in [-0.2, -0.15) is 0 Å². The van der Waals surface area contributed by atoms with Gasteiger partial charge in [0.25, 0.3) is 5.69 Å². The highest BCUT2D eigenvalue weighted by Crippen LogP contribution is 2.28. The molecule has 0 bridgehead atoms. The van der Waals surface area contributed by atoms with Crippen molar-refractivity contribution < 1.29 is 14.8 Å². The minimum absolute atomic E-state index is 0.101. The maximum Gasteiger partial charge on any atom is 0.272 e. The first-order chi connectivity index (χ1) is 9.56. The number of nitrogens with zero attached hydrogens (tertiary/aromatic N) is 1. The van der Waals surface area contributed by atoms with E-state index in [4.69, 9.17) is 4.74 Å². The summed E-state index contributed by atoms with van der Waals surface area (Å²) in [6.07, 6.45) is 1.89. The van der Waals surface area contributed by atoms with Crippen LogP contribution in [0.1, 0.15) is 18.4 Å². The highest BCUT2D eigenvalue weighted by atomic mass is 16.6. The summed E-state index contributed by atoms with van der Waals surface area (Å²) in [4.78, 5) is 10.3. The van der Waals surface area contributed by atoms with Crippen molar-refractivity contribution in [1.29, 1.82) is 0 Å². The summed E-state index contributed by atoms with van der Waals surface area (Å²) in [7, 11) is 0. The molecule has 1 saturated carbocycles.